The first-order valence-electron chi connectivity index (χ1n) is 7.51. The van der Waals surface area contributed by atoms with E-state index in [0.29, 0.717) is 11.7 Å². The van der Waals surface area contributed by atoms with Crippen molar-refractivity contribution in [1.29, 1.82) is 0 Å². The molecule has 0 spiro atoms. The largest absolute Gasteiger partial charge is 0.444 e. The molecule has 0 saturated heterocycles. The fraction of sp³-hybridized carbons (Fsp3) is 0.500. The summed E-state index contributed by atoms with van der Waals surface area (Å²) in [5.74, 6) is 1.06. The number of aromatic nitrogens is 2. The molecule has 1 aliphatic rings. The average Bonchev–Trinajstić information content (AvgIpc) is 2.63. The molecular weight excluding hydrogens is 346 g/mol. The van der Waals surface area contributed by atoms with Gasteiger partial charge in [-0.05, 0) is 51.7 Å². The van der Waals surface area contributed by atoms with Crippen molar-refractivity contribution < 1.29 is 9.53 Å². The van der Waals surface area contributed by atoms with Gasteiger partial charge in [-0.3, -0.25) is 5.32 Å². The zero-order valence-electron chi connectivity index (χ0n) is 13.0. The van der Waals surface area contributed by atoms with Gasteiger partial charge >= 0.3 is 6.09 Å². The summed E-state index contributed by atoms with van der Waals surface area (Å²) in [5.41, 5.74) is 1.62. The number of hydrogen-bond donors (Lipinski definition) is 1. The molecule has 1 amide bonds. The Hall–Kier alpha value is -1.56. The van der Waals surface area contributed by atoms with Crippen LogP contribution in [-0.4, -0.2) is 21.3 Å². The minimum absolute atomic E-state index is 0.455. The maximum atomic E-state index is 12.1. The van der Waals surface area contributed by atoms with Crippen LogP contribution in [0.4, 0.5) is 10.6 Å². The van der Waals surface area contributed by atoms with Gasteiger partial charge in [0.25, 0.3) is 0 Å². The highest BCUT2D eigenvalue weighted by atomic mass is 79.9. The minimum Gasteiger partial charge on any atom is -0.444 e. The molecule has 5 nitrogen and oxygen atoms in total. The molecule has 6 heteroatoms. The van der Waals surface area contributed by atoms with Crippen molar-refractivity contribution in [3.63, 3.8) is 0 Å². The molecule has 1 aliphatic carbocycles. The molecule has 2 aromatic heterocycles. The van der Waals surface area contributed by atoms with E-state index in [1.165, 1.54) is 6.42 Å². The lowest BCUT2D eigenvalue weighted by molar-refractivity contribution is 0.0635. The topological polar surface area (TPSA) is 55.6 Å². The van der Waals surface area contributed by atoms with E-state index in [1.54, 1.807) is 0 Å². The van der Waals surface area contributed by atoms with Crippen LogP contribution in [0.2, 0.25) is 0 Å². The van der Waals surface area contributed by atoms with Crippen LogP contribution >= 0.6 is 15.9 Å². The number of halogens is 1. The van der Waals surface area contributed by atoms with Crippen LogP contribution < -0.4 is 5.32 Å². The van der Waals surface area contributed by atoms with E-state index < -0.39 is 11.7 Å². The van der Waals surface area contributed by atoms with E-state index in [1.807, 2.05) is 43.6 Å². The molecule has 3 rings (SSSR count). The summed E-state index contributed by atoms with van der Waals surface area (Å²) in [7, 11) is 0. The number of hydrogen-bond acceptors (Lipinski definition) is 3. The number of amides is 1. The zero-order chi connectivity index (χ0) is 15.9. The smallest absolute Gasteiger partial charge is 0.413 e. The molecule has 1 N–H and O–H groups in total. The van der Waals surface area contributed by atoms with Gasteiger partial charge in [0, 0.05) is 16.2 Å². The van der Waals surface area contributed by atoms with E-state index in [4.69, 9.17) is 4.74 Å². The SMILES string of the molecule is CC(C)(C)OC(=O)Nc1nn2ccc(Br)cc2c1C1CCC1. The molecule has 0 atom stereocenters. The summed E-state index contributed by atoms with van der Waals surface area (Å²) in [6.45, 7) is 5.54. The summed E-state index contributed by atoms with van der Waals surface area (Å²) >= 11 is 3.50. The number of nitrogens with zero attached hydrogens (tertiary/aromatic N) is 2. The maximum Gasteiger partial charge on any atom is 0.413 e. The fourth-order valence-electron chi connectivity index (χ4n) is 2.63. The highest BCUT2D eigenvalue weighted by molar-refractivity contribution is 9.10. The highest BCUT2D eigenvalue weighted by Gasteiger charge is 2.28. The van der Waals surface area contributed by atoms with Gasteiger partial charge in [-0.25, -0.2) is 9.31 Å². The summed E-state index contributed by atoms with van der Waals surface area (Å²) in [4.78, 5) is 12.1. The molecule has 2 heterocycles. The molecule has 2 aromatic rings. The van der Waals surface area contributed by atoms with Crippen LogP contribution in [0.3, 0.4) is 0 Å². The molecule has 0 aromatic carbocycles. The third-order valence-corrected chi connectivity index (χ3v) is 4.26. The quantitative estimate of drug-likeness (QED) is 0.837. The first kappa shape index (κ1) is 15.3. The Balaban J connectivity index is 1.96. The standard InChI is InChI=1S/C16H20BrN3O2/c1-16(2,3)22-15(21)18-14-13(10-5-4-6-10)12-9-11(17)7-8-20(12)19-14/h7-10H,4-6H2,1-3H3,(H,18,19,21). The monoisotopic (exact) mass is 365 g/mol. The number of carbonyl (C=O) groups is 1. The van der Waals surface area contributed by atoms with Crippen molar-refractivity contribution >= 4 is 33.4 Å². The Morgan fingerprint density at radius 3 is 2.77 bits per heavy atom. The van der Waals surface area contributed by atoms with Crippen molar-refractivity contribution in [2.45, 2.75) is 51.6 Å². The number of pyridine rings is 1. The van der Waals surface area contributed by atoms with E-state index in [-0.39, 0.29) is 0 Å². The number of nitrogens with one attached hydrogen (secondary N) is 1. The van der Waals surface area contributed by atoms with Gasteiger partial charge in [0.15, 0.2) is 5.82 Å². The lowest BCUT2D eigenvalue weighted by Crippen LogP contribution is -2.28. The first-order chi connectivity index (χ1) is 10.3. The van der Waals surface area contributed by atoms with Gasteiger partial charge in [0.1, 0.15) is 5.60 Å². The zero-order valence-corrected chi connectivity index (χ0v) is 14.6. The Kier molecular flexibility index (Phi) is 3.89. The first-order valence-corrected chi connectivity index (χ1v) is 8.30. The Bertz CT molecular complexity index is 714. The van der Waals surface area contributed by atoms with Gasteiger partial charge in [0.05, 0.1) is 5.52 Å². The van der Waals surface area contributed by atoms with Crippen LogP contribution in [0.25, 0.3) is 5.52 Å². The second kappa shape index (κ2) is 5.57. The molecule has 0 aliphatic heterocycles. The molecule has 0 unspecified atom stereocenters. The Morgan fingerprint density at radius 2 is 2.18 bits per heavy atom. The lowest BCUT2D eigenvalue weighted by Gasteiger charge is -2.26. The second-order valence-corrected chi connectivity index (χ2v) is 7.61. The maximum absolute atomic E-state index is 12.1. The third-order valence-electron chi connectivity index (χ3n) is 3.77. The number of carbonyl (C=O) groups excluding carboxylic acids is 1. The summed E-state index contributed by atoms with van der Waals surface area (Å²) < 4.78 is 8.15. The molecule has 0 bridgehead atoms. The minimum atomic E-state index is -0.525. The van der Waals surface area contributed by atoms with Gasteiger partial charge in [-0.1, -0.05) is 22.4 Å². The molecule has 0 radical (unpaired) electrons. The predicted molar refractivity (Wildman–Crippen MR) is 89.3 cm³/mol. The summed E-state index contributed by atoms with van der Waals surface area (Å²) in [5, 5.41) is 7.33. The summed E-state index contributed by atoms with van der Waals surface area (Å²) in [6.07, 6.45) is 4.92. The van der Waals surface area contributed by atoms with E-state index in [9.17, 15) is 4.79 Å². The van der Waals surface area contributed by atoms with Gasteiger partial charge in [0.2, 0.25) is 0 Å². The van der Waals surface area contributed by atoms with Gasteiger partial charge < -0.3 is 4.74 Å². The summed E-state index contributed by atoms with van der Waals surface area (Å²) in [6, 6.07) is 3.97. The van der Waals surface area contributed by atoms with E-state index in [2.05, 4.69) is 26.3 Å². The number of ether oxygens (including phenoxy) is 1. The van der Waals surface area contributed by atoms with Gasteiger partial charge in [-0.15, -0.1) is 5.10 Å². The normalized spacial score (nSPS) is 15.6. The fourth-order valence-corrected chi connectivity index (χ4v) is 2.97. The Labute approximate surface area is 138 Å². The lowest BCUT2D eigenvalue weighted by atomic mass is 9.80. The van der Waals surface area contributed by atoms with E-state index in [0.717, 1.165) is 28.4 Å². The molecular formula is C16H20BrN3O2. The molecule has 1 saturated carbocycles. The van der Waals surface area contributed by atoms with Crippen LogP contribution in [0.15, 0.2) is 22.8 Å². The Morgan fingerprint density at radius 1 is 1.45 bits per heavy atom. The van der Waals surface area contributed by atoms with Crippen molar-refractivity contribution in [2.75, 3.05) is 5.32 Å². The average molecular weight is 366 g/mol. The van der Waals surface area contributed by atoms with Crippen LogP contribution in [0.5, 0.6) is 0 Å². The van der Waals surface area contributed by atoms with Crippen LogP contribution in [0.1, 0.15) is 51.5 Å². The second-order valence-electron chi connectivity index (χ2n) is 6.69. The van der Waals surface area contributed by atoms with E-state index >= 15 is 0 Å². The van der Waals surface area contributed by atoms with Crippen LogP contribution in [0, 0.1) is 0 Å². The van der Waals surface area contributed by atoms with Crippen molar-refractivity contribution in [3.05, 3.63) is 28.4 Å². The number of fused-ring (bicyclic) bond motifs is 1. The predicted octanol–water partition coefficient (Wildman–Crippen LogP) is 4.71. The van der Waals surface area contributed by atoms with Crippen molar-refractivity contribution in [1.82, 2.24) is 9.61 Å². The van der Waals surface area contributed by atoms with Crippen LogP contribution in [-0.2, 0) is 4.74 Å². The number of rotatable bonds is 2. The molecule has 22 heavy (non-hydrogen) atoms. The van der Waals surface area contributed by atoms with Crippen molar-refractivity contribution in [2.24, 2.45) is 0 Å². The molecule has 118 valence electrons. The third kappa shape index (κ3) is 3.11. The van der Waals surface area contributed by atoms with Crippen molar-refractivity contribution in [3.8, 4) is 0 Å². The molecule has 1 fully saturated rings. The van der Waals surface area contributed by atoms with Gasteiger partial charge in [-0.2, -0.15) is 0 Å². The highest BCUT2D eigenvalue weighted by Crippen LogP contribution is 2.42. The number of anilines is 1.